The van der Waals surface area contributed by atoms with E-state index in [0.29, 0.717) is 15.6 Å². The summed E-state index contributed by atoms with van der Waals surface area (Å²) in [5.74, 6) is -0.389. The van der Waals surface area contributed by atoms with Crippen LogP contribution in [0, 0.1) is 0 Å². The monoisotopic (exact) mass is 287 g/mol. The Kier molecular flexibility index (Phi) is 4.49. The van der Waals surface area contributed by atoms with Crippen LogP contribution in [-0.4, -0.2) is 17.1 Å². The number of aliphatic hydroxyl groups is 1. The molecule has 1 aromatic carbocycles. The molecule has 1 aliphatic carbocycles. The number of hydrogen-bond acceptors (Lipinski definition) is 2. The van der Waals surface area contributed by atoms with E-state index in [1.807, 2.05) is 0 Å². The van der Waals surface area contributed by atoms with E-state index in [-0.39, 0.29) is 11.9 Å². The molecule has 0 aromatic heterocycles. The number of carbonyl (C=O) groups is 1. The van der Waals surface area contributed by atoms with Crippen LogP contribution in [0.4, 0.5) is 0 Å². The van der Waals surface area contributed by atoms with Crippen molar-refractivity contribution in [3.05, 3.63) is 33.8 Å². The third kappa shape index (κ3) is 3.37. The van der Waals surface area contributed by atoms with Gasteiger partial charge in [0.1, 0.15) is 0 Å². The molecule has 0 spiro atoms. The summed E-state index contributed by atoms with van der Waals surface area (Å²) >= 11 is 11.7. The Morgan fingerprint density at radius 3 is 2.33 bits per heavy atom. The first-order valence-corrected chi connectivity index (χ1v) is 6.76. The lowest BCUT2D eigenvalue weighted by atomic mass is 10.1. The Balaban J connectivity index is 2.04. The van der Waals surface area contributed by atoms with Gasteiger partial charge in [0.2, 0.25) is 0 Å². The second kappa shape index (κ2) is 5.91. The number of carbonyl (C=O) groups excluding carboxylic acids is 1. The van der Waals surface area contributed by atoms with Gasteiger partial charge in [-0.25, -0.2) is 0 Å². The minimum atomic E-state index is -1.22. The van der Waals surface area contributed by atoms with Gasteiger partial charge in [-0.05, 0) is 36.6 Å². The quantitative estimate of drug-likeness (QED) is 0.898. The van der Waals surface area contributed by atoms with Crippen LogP contribution in [0.3, 0.4) is 0 Å². The molecule has 0 radical (unpaired) electrons. The van der Waals surface area contributed by atoms with Gasteiger partial charge in [-0.15, -0.1) is 0 Å². The van der Waals surface area contributed by atoms with Crippen LogP contribution < -0.4 is 5.32 Å². The van der Waals surface area contributed by atoms with Crippen LogP contribution >= 0.6 is 23.2 Å². The molecule has 5 heteroatoms. The predicted octanol–water partition coefficient (Wildman–Crippen LogP) is 3.09. The second-order valence-corrected chi connectivity index (χ2v) is 5.47. The van der Waals surface area contributed by atoms with Crippen LogP contribution in [0.2, 0.25) is 10.0 Å². The molecule has 1 fully saturated rings. The first-order chi connectivity index (χ1) is 8.56. The van der Waals surface area contributed by atoms with Crippen molar-refractivity contribution in [1.82, 2.24) is 5.32 Å². The van der Waals surface area contributed by atoms with E-state index in [1.165, 1.54) is 0 Å². The van der Waals surface area contributed by atoms with E-state index in [0.717, 1.165) is 25.7 Å². The molecule has 2 rings (SSSR count). The van der Waals surface area contributed by atoms with E-state index < -0.39 is 6.10 Å². The van der Waals surface area contributed by atoms with Gasteiger partial charge in [0.15, 0.2) is 6.10 Å². The van der Waals surface area contributed by atoms with E-state index in [2.05, 4.69) is 5.32 Å². The smallest absolute Gasteiger partial charge is 0.253 e. The lowest BCUT2D eigenvalue weighted by Gasteiger charge is -2.16. The highest BCUT2D eigenvalue weighted by molar-refractivity contribution is 6.34. The van der Waals surface area contributed by atoms with Gasteiger partial charge in [-0.3, -0.25) is 4.79 Å². The number of nitrogens with one attached hydrogen (secondary N) is 1. The van der Waals surface area contributed by atoms with E-state index in [9.17, 15) is 9.90 Å². The maximum atomic E-state index is 11.9. The van der Waals surface area contributed by atoms with Crippen molar-refractivity contribution in [2.75, 3.05) is 0 Å². The molecule has 0 saturated heterocycles. The summed E-state index contributed by atoms with van der Waals surface area (Å²) in [5, 5.41) is 13.6. The maximum absolute atomic E-state index is 11.9. The van der Waals surface area contributed by atoms with Crippen molar-refractivity contribution in [2.45, 2.75) is 37.8 Å². The fourth-order valence-corrected chi connectivity index (χ4v) is 2.78. The summed E-state index contributed by atoms with van der Waals surface area (Å²) in [6.45, 7) is 0. The zero-order valence-corrected chi connectivity index (χ0v) is 11.3. The highest BCUT2D eigenvalue weighted by Gasteiger charge is 2.23. The van der Waals surface area contributed by atoms with Gasteiger partial charge in [-0.1, -0.05) is 36.0 Å². The summed E-state index contributed by atoms with van der Waals surface area (Å²) < 4.78 is 0. The lowest BCUT2D eigenvalue weighted by Crippen LogP contribution is -2.36. The zero-order valence-electron chi connectivity index (χ0n) is 9.83. The minimum absolute atomic E-state index is 0.182. The lowest BCUT2D eigenvalue weighted by molar-refractivity contribution is -0.130. The van der Waals surface area contributed by atoms with Crippen molar-refractivity contribution in [2.24, 2.45) is 0 Å². The highest BCUT2D eigenvalue weighted by Crippen LogP contribution is 2.24. The Hall–Kier alpha value is -0.770. The molecule has 2 N–H and O–H groups in total. The van der Waals surface area contributed by atoms with Crippen molar-refractivity contribution in [1.29, 1.82) is 0 Å². The molecular formula is C13H15Cl2NO2. The van der Waals surface area contributed by atoms with Gasteiger partial charge in [0.05, 0.1) is 0 Å². The van der Waals surface area contributed by atoms with E-state index >= 15 is 0 Å². The number of hydrogen-bond donors (Lipinski definition) is 2. The SMILES string of the molecule is O=C(NC1CCCC1)C(O)c1cc(Cl)cc(Cl)c1. The second-order valence-electron chi connectivity index (χ2n) is 4.60. The standard InChI is InChI=1S/C13H15Cl2NO2/c14-9-5-8(6-10(15)7-9)12(17)13(18)16-11-3-1-2-4-11/h5-7,11-12,17H,1-4H2,(H,16,18). The van der Waals surface area contributed by atoms with Crippen LogP contribution in [0.5, 0.6) is 0 Å². The Bertz CT molecular complexity index is 424. The van der Waals surface area contributed by atoms with Crippen molar-refractivity contribution in [3.63, 3.8) is 0 Å². The Morgan fingerprint density at radius 1 is 1.22 bits per heavy atom. The number of halogens is 2. The van der Waals surface area contributed by atoms with Crippen LogP contribution in [0.25, 0.3) is 0 Å². The van der Waals surface area contributed by atoms with E-state index in [4.69, 9.17) is 23.2 Å². The summed E-state index contributed by atoms with van der Waals surface area (Å²) in [6, 6.07) is 4.84. The predicted molar refractivity (Wildman–Crippen MR) is 71.8 cm³/mol. The molecule has 1 unspecified atom stereocenters. The van der Waals surface area contributed by atoms with Crippen molar-refractivity contribution in [3.8, 4) is 0 Å². The fraction of sp³-hybridized carbons (Fsp3) is 0.462. The molecular weight excluding hydrogens is 273 g/mol. The molecule has 1 saturated carbocycles. The van der Waals surface area contributed by atoms with Crippen LogP contribution in [0.1, 0.15) is 37.4 Å². The fourth-order valence-electron chi connectivity index (χ4n) is 2.23. The summed E-state index contributed by atoms with van der Waals surface area (Å²) in [7, 11) is 0. The van der Waals surface area contributed by atoms with Crippen molar-refractivity contribution < 1.29 is 9.90 Å². The zero-order chi connectivity index (χ0) is 13.1. The van der Waals surface area contributed by atoms with Crippen molar-refractivity contribution >= 4 is 29.1 Å². The number of aliphatic hydroxyl groups excluding tert-OH is 1. The van der Waals surface area contributed by atoms with Gasteiger partial charge >= 0.3 is 0 Å². The first-order valence-electron chi connectivity index (χ1n) is 6.00. The van der Waals surface area contributed by atoms with Gasteiger partial charge in [0, 0.05) is 16.1 Å². The summed E-state index contributed by atoms with van der Waals surface area (Å²) in [6.07, 6.45) is 3.00. The molecule has 1 aromatic rings. The molecule has 98 valence electrons. The first kappa shape index (κ1) is 13.7. The van der Waals surface area contributed by atoms with Crippen LogP contribution in [0.15, 0.2) is 18.2 Å². The molecule has 0 aliphatic heterocycles. The summed E-state index contributed by atoms with van der Waals surface area (Å²) in [5.41, 5.74) is 0.419. The van der Waals surface area contributed by atoms with E-state index in [1.54, 1.807) is 18.2 Å². The number of benzene rings is 1. The third-order valence-corrected chi connectivity index (χ3v) is 3.59. The molecule has 0 heterocycles. The molecule has 0 bridgehead atoms. The van der Waals surface area contributed by atoms with Gasteiger partial charge in [0.25, 0.3) is 5.91 Å². The van der Waals surface area contributed by atoms with Crippen LogP contribution in [-0.2, 0) is 4.79 Å². The number of amides is 1. The molecule has 18 heavy (non-hydrogen) atoms. The average Bonchev–Trinajstić information content (AvgIpc) is 2.79. The molecule has 1 atom stereocenters. The molecule has 1 amide bonds. The molecule has 3 nitrogen and oxygen atoms in total. The Labute approximate surface area is 116 Å². The molecule has 1 aliphatic rings. The normalized spacial score (nSPS) is 17.7. The Morgan fingerprint density at radius 2 is 1.78 bits per heavy atom. The van der Waals surface area contributed by atoms with Gasteiger partial charge in [-0.2, -0.15) is 0 Å². The third-order valence-electron chi connectivity index (χ3n) is 3.15. The minimum Gasteiger partial charge on any atom is -0.378 e. The average molecular weight is 288 g/mol. The number of rotatable bonds is 3. The highest BCUT2D eigenvalue weighted by atomic mass is 35.5. The van der Waals surface area contributed by atoms with Gasteiger partial charge < -0.3 is 10.4 Å². The maximum Gasteiger partial charge on any atom is 0.253 e. The topological polar surface area (TPSA) is 49.3 Å². The summed E-state index contributed by atoms with van der Waals surface area (Å²) in [4.78, 5) is 11.9. The largest absolute Gasteiger partial charge is 0.378 e.